The van der Waals surface area contributed by atoms with Crippen molar-refractivity contribution in [2.24, 2.45) is 0 Å². The topological polar surface area (TPSA) is 25.2 Å². The monoisotopic (exact) mass is 257 g/mol. The molecular weight excluding hydrogens is 242 g/mol. The van der Waals surface area contributed by atoms with Gasteiger partial charge < -0.3 is 9.73 Å². The van der Waals surface area contributed by atoms with Gasteiger partial charge in [0.05, 0.1) is 6.04 Å². The molecule has 0 aliphatic rings. The van der Waals surface area contributed by atoms with Gasteiger partial charge in [0.25, 0.3) is 0 Å². The summed E-state index contributed by atoms with van der Waals surface area (Å²) in [6, 6.07) is 4.54. The molecule has 14 heavy (non-hydrogen) atoms. The van der Waals surface area contributed by atoms with Crippen LogP contribution in [0.2, 0.25) is 0 Å². The Labute approximate surface area is 93.5 Å². The standard InChI is InChI=1S/C11H16BrNO/c1-4-5-8(2)13-9(3)10-6-7-11(12)14-10/h4,6-9,13H,1,5H2,2-3H3. The highest BCUT2D eigenvalue weighted by Crippen LogP contribution is 2.20. The lowest BCUT2D eigenvalue weighted by Gasteiger charge is -2.16. The third-order valence-electron chi connectivity index (χ3n) is 2.08. The highest BCUT2D eigenvalue weighted by Gasteiger charge is 2.11. The summed E-state index contributed by atoms with van der Waals surface area (Å²) >= 11 is 3.29. The molecule has 0 bridgehead atoms. The minimum Gasteiger partial charge on any atom is -0.453 e. The van der Waals surface area contributed by atoms with Gasteiger partial charge in [-0.05, 0) is 48.3 Å². The molecule has 2 unspecified atom stereocenters. The van der Waals surface area contributed by atoms with Crippen LogP contribution in [-0.4, -0.2) is 6.04 Å². The van der Waals surface area contributed by atoms with E-state index in [4.69, 9.17) is 4.42 Å². The van der Waals surface area contributed by atoms with Crippen LogP contribution in [-0.2, 0) is 0 Å². The quantitative estimate of drug-likeness (QED) is 0.815. The molecule has 0 amide bonds. The Bertz CT molecular complexity index is 295. The molecule has 0 saturated heterocycles. The smallest absolute Gasteiger partial charge is 0.169 e. The predicted octanol–water partition coefficient (Wildman–Crippen LogP) is 3.66. The fraction of sp³-hybridized carbons (Fsp3) is 0.455. The van der Waals surface area contributed by atoms with Gasteiger partial charge >= 0.3 is 0 Å². The summed E-state index contributed by atoms with van der Waals surface area (Å²) in [7, 11) is 0. The van der Waals surface area contributed by atoms with Crippen molar-refractivity contribution >= 4 is 15.9 Å². The SMILES string of the molecule is C=CCC(C)NC(C)c1ccc(Br)o1. The fourth-order valence-corrected chi connectivity index (χ4v) is 1.71. The fourth-order valence-electron chi connectivity index (χ4n) is 1.39. The van der Waals surface area contributed by atoms with Crippen molar-refractivity contribution in [3.63, 3.8) is 0 Å². The van der Waals surface area contributed by atoms with E-state index in [2.05, 4.69) is 41.7 Å². The van der Waals surface area contributed by atoms with Gasteiger partial charge in [0.15, 0.2) is 4.67 Å². The van der Waals surface area contributed by atoms with Gasteiger partial charge in [0, 0.05) is 6.04 Å². The zero-order valence-electron chi connectivity index (χ0n) is 8.59. The van der Waals surface area contributed by atoms with Crippen LogP contribution in [0.3, 0.4) is 0 Å². The van der Waals surface area contributed by atoms with E-state index in [1.807, 2.05) is 18.2 Å². The molecule has 1 heterocycles. The lowest BCUT2D eigenvalue weighted by Crippen LogP contribution is -2.28. The molecule has 3 heteroatoms. The summed E-state index contributed by atoms with van der Waals surface area (Å²) in [5.41, 5.74) is 0. The first-order valence-electron chi connectivity index (χ1n) is 4.75. The molecule has 0 saturated carbocycles. The normalized spacial score (nSPS) is 15.1. The van der Waals surface area contributed by atoms with E-state index in [0.29, 0.717) is 6.04 Å². The van der Waals surface area contributed by atoms with E-state index in [0.717, 1.165) is 16.9 Å². The van der Waals surface area contributed by atoms with E-state index < -0.39 is 0 Å². The molecule has 0 fully saturated rings. The van der Waals surface area contributed by atoms with E-state index in [-0.39, 0.29) is 6.04 Å². The van der Waals surface area contributed by atoms with Gasteiger partial charge in [-0.15, -0.1) is 6.58 Å². The van der Waals surface area contributed by atoms with Crippen LogP contribution < -0.4 is 5.32 Å². The minimum absolute atomic E-state index is 0.233. The van der Waals surface area contributed by atoms with Crippen molar-refractivity contribution in [2.75, 3.05) is 0 Å². The summed E-state index contributed by atoms with van der Waals surface area (Å²) < 4.78 is 6.23. The Balaban J connectivity index is 2.49. The van der Waals surface area contributed by atoms with Crippen molar-refractivity contribution in [2.45, 2.75) is 32.4 Å². The number of nitrogens with one attached hydrogen (secondary N) is 1. The minimum atomic E-state index is 0.233. The Morgan fingerprint density at radius 1 is 1.57 bits per heavy atom. The van der Waals surface area contributed by atoms with Gasteiger partial charge in [-0.3, -0.25) is 0 Å². The molecule has 1 rings (SSSR count). The van der Waals surface area contributed by atoms with Crippen molar-refractivity contribution in [1.82, 2.24) is 5.32 Å². The molecule has 1 N–H and O–H groups in total. The lowest BCUT2D eigenvalue weighted by molar-refractivity contribution is 0.390. The maximum atomic E-state index is 5.45. The summed E-state index contributed by atoms with van der Waals surface area (Å²) in [6.45, 7) is 7.94. The number of hydrogen-bond donors (Lipinski definition) is 1. The highest BCUT2D eigenvalue weighted by atomic mass is 79.9. The molecule has 78 valence electrons. The Kier molecular flexibility index (Phi) is 4.42. The summed E-state index contributed by atoms with van der Waals surface area (Å²) in [5, 5.41) is 3.42. The van der Waals surface area contributed by atoms with Crippen LogP contribution in [0, 0.1) is 0 Å². The first-order chi connectivity index (χ1) is 6.63. The summed E-state index contributed by atoms with van der Waals surface area (Å²) in [6.07, 6.45) is 2.88. The molecule has 1 aromatic rings. The second-order valence-electron chi connectivity index (χ2n) is 3.46. The Morgan fingerprint density at radius 2 is 2.29 bits per heavy atom. The first kappa shape index (κ1) is 11.5. The van der Waals surface area contributed by atoms with Crippen molar-refractivity contribution in [3.8, 4) is 0 Å². The van der Waals surface area contributed by atoms with Crippen LogP contribution >= 0.6 is 15.9 Å². The maximum Gasteiger partial charge on any atom is 0.169 e. The molecule has 0 aliphatic heterocycles. The number of furan rings is 1. The molecule has 0 aromatic carbocycles. The largest absolute Gasteiger partial charge is 0.453 e. The second-order valence-corrected chi connectivity index (χ2v) is 4.24. The molecule has 2 atom stereocenters. The van der Waals surface area contributed by atoms with Crippen molar-refractivity contribution < 1.29 is 4.42 Å². The van der Waals surface area contributed by atoms with Crippen LogP contribution in [0.5, 0.6) is 0 Å². The zero-order valence-corrected chi connectivity index (χ0v) is 10.2. The second kappa shape index (κ2) is 5.37. The van der Waals surface area contributed by atoms with Crippen LogP contribution in [0.1, 0.15) is 32.1 Å². The Morgan fingerprint density at radius 3 is 2.79 bits per heavy atom. The summed E-state index contributed by atoms with van der Waals surface area (Å²) in [5.74, 6) is 0.952. The van der Waals surface area contributed by atoms with E-state index >= 15 is 0 Å². The number of halogens is 1. The molecule has 0 radical (unpaired) electrons. The lowest BCUT2D eigenvalue weighted by atomic mass is 10.2. The summed E-state index contributed by atoms with van der Waals surface area (Å²) in [4.78, 5) is 0. The number of hydrogen-bond acceptors (Lipinski definition) is 2. The van der Waals surface area contributed by atoms with Crippen LogP contribution in [0.15, 0.2) is 33.9 Å². The van der Waals surface area contributed by atoms with Crippen molar-refractivity contribution in [3.05, 3.63) is 35.2 Å². The molecule has 0 spiro atoms. The van der Waals surface area contributed by atoms with Crippen LogP contribution in [0.25, 0.3) is 0 Å². The van der Waals surface area contributed by atoms with E-state index in [9.17, 15) is 0 Å². The molecule has 1 aromatic heterocycles. The average Bonchev–Trinajstić information content (AvgIpc) is 2.52. The number of rotatable bonds is 5. The average molecular weight is 258 g/mol. The van der Waals surface area contributed by atoms with Gasteiger partial charge in [-0.2, -0.15) is 0 Å². The van der Waals surface area contributed by atoms with Gasteiger partial charge in [-0.25, -0.2) is 0 Å². The van der Waals surface area contributed by atoms with Gasteiger partial charge in [0.1, 0.15) is 5.76 Å². The first-order valence-corrected chi connectivity index (χ1v) is 5.55. The molecule has 0 aliphatic carbocycles. The zero-order chi connectivity index (χ0) is 10.6. The van der Waals surface area contributed by atoms with E-state index in [1.54, 1.807) is 0 Å². The van der Waals surface area contributed by atoms with Crippen LogP contribution in [0.4, 0.5) is 0 Å². The predicted molar refractivity (Wildman–Crippen MR) is 62.2 cm³/mol. The van der Waals surface area contributed by atoms with Gasteiger partial charge in [-0.1, -0.05) is 6.08 Å². The third-order valence-corrected chi connectivity index (χ3v) is 2.50. The maximum absolute atomic E-state index is 5.45. The van der Waals surface area contributed by atoms with Crippen molar-refractivity contribution in [1.29, 1.82) is 0 Å². The van der Waals surface area contributed by atoms with Gasteiger partial charge in [0.2, 0.25) is 0 Å². The third kappa shape index (κ3) is 3.31. The highest BCUT2D eigenvalue weighted by molar-refractivity contribution is 9.10. The molecular formula is C11H16BrNO. The Hall–Kier alpha value is -0.540. The van der Waals surface area contributed by atoms with E-state index in [1.165, 1.54) is 0 Å². The molecule has 2 nitrogen and oxygen atoms in total.